The molecule has 16 heavy (non-hydrogen) atoms. The lowest BCUT2D eigenvalue weighted by Crippen LogP contribution is -2.16. The predicted molar refractivity (Wildman–Crippen MR) is 60.8 cm³/mol. The number of nitrogens with one attached hydrogen (secondary N) is 2. The summed E-state index contributed by atoms with van der Waals surface area (Å²) in [5.41, 5.74) is 0.739. The number of hydrogen-bond acceptors (Lipinski definition) is 5. The van der Waals surface area contributed by atoms with Crippen molar-refractivity contribution in [3.63, 3.8) is 0 Å². The van der Waals surface area contributed by atoms with Crippen LogP contribution in [-0.2, 0) is 0 Å². The molecule has 0 spiro atoms. The van der Waals surface area contributed by atoms with Crippen molar-refractivity contribution in [1.82, 2.24) is 5.32 Å². The minimum Gasteiger partial charge on any atom is -0.497 e. The maximum atomic E-state index is 10.3. The lowest BCUT2D eigenvalue weighted by molar-refractivity contribution is -0.403. The Morgan fingerprint density at radius 2 is 2.06 bits per heavy atom. The van der Waals surface area contributed by atoms with E-state index in [4.69, 9.17) is 4.74 Å². The van der Waals surface area contributed by atoms with Crippen LogP contribution in [0, 0.1) is 10.1 Å². The maximum absolute atomic E-state index is 10.3. The van der Waals surface area contributed by atoms with Gasteiger partial charge in [0.05, 0.1) is 12.0 Å². The molecular formula is C10H13N3O3. The Morgan fingerprint density at radius 1 is 1.44 bits per heavy atom. The topological polar surface area (TPSA) is 76.4 Å². The summed E-state index contributed by atoms with van der Waals surface area (Å²) in [4.78, 5) is 9.76. The highest BCUT2D eigenvalue weighted by Crippen LogP contribution is 2.15. The summed E-state index contributed by atoms with van der Waals surface area (Å²) in [7, 11) is 3.18. The average Bonchev–Trinajstić information content (AvgIpc) is 2.28. The Labute approximate surface area is 93.1 Å². The van der Waals surface area contributed by atoms with Gasteiger partial charge in [0.2, 0.25) is 0 Å². The second-order valence-electron chi connectivity index (χ2n) is 2.93. The highest BCUT2D eigenvalue weighted by atomic mass is 16.6. The molecule has 6 nitrogen and oxygen atoms in total. The molecule has 0 atom stereocenters. The summed E-state index contributed by atoms with van der Waals surface area (Å²) in [5.74, 6) is 1.05. The molecule has 0 fully saturated rings. The van der Waals surface area contributed by atoms with Gasteiger partial charge in [0, 0.05) is 12.7 Å². The molecule has 1 aromatic rings. The van der Waals surface area contributed by atoms with Crippen LogP contribution >= 0.6 is 0 Å². The van der Waals surface area contributed by atoms with Gasteiger partial charge in [-0.2, -0.15) is 0 Å². The predicted octanol–water partition coefficient (Wildman–Crippen LogP) is 1.40. The van der Waals surface area contributed by atoms with Gasteiger partial charge < -0.3 is 15.4 Å². The molecule has 1 rings (SSSR count). The van der Waals surface area contributed by atoms with Gasteiger partial charge >= 0.3 is 0 Å². The summed E-state index contributed by atoms with van der Waals surface area (Å²) in [6.07, 6.45) is 0.865. The normalized spacial score (nSPS) is 10.8. The zero-order valence-electron chi connectivity index (χ0n) is 9.06. The van der Waals surface area contributed by atoms with Crippen LogP contribution in [0.15, 0.2) is 36.3 Å². The van der Waals surface area contributed by atoms with Crippen LogP contribution in [0.4, 0.5) is 5.69 Å². The van der Waals surface area contributed by atoms with Gasteiger partial charge in [-0.15, -0.1) is 0 Å². The van der Waals surface area contributed by atoms with Crippen LogP contribution in [0.5, 0.6) is 5.75 Å². The number of methoxy groups -OCH3 is 1. The van der Waals surface area contributed by atoms with Gasteiger partial charge in [0.1, 0.15) is 5.75 Å². The van der Waals surface area contributed by atoms with Crippen molar-refractivity contribution in [1.29, 1.82) is 0 Å². The molecule has 0 aliphatic rings. The number of benzene rings is 1. The van der Waals surface area contributed by atoms with Gasteiger partial charge in [-0.1, -0.05) is 0 Å². The molecule has 2 N–H and O–H groups in total. The number of anilines is 1. The molecule has 0 saturated heterocycles. The molecule has 0 aromatic heterocycles. The second kappa shape index (κ2) is 5.59. The minimum atomic E-state index is -0.525. The quantitative estimate of drug-likeness (QED) is 0.583. The molecule has 0 heterocycles. The first kappa shape index (κ1) is 11.8. The van der Waals surface area contributed by atoms with Crippen molar-refractivity contribution in [3.05, 3.63) is 46.4 Å². The van der Waals surface area contributed by atoms with Crippen molar-refractivity contribution in [2.75, 3.05) is 19.5 Å². The monoisotopic (exact) mass is 223 g/mol. The van der Waals surface area contributed by atoms with Crippen molar-refractivity contribution < 1.29 is 9.66 Å². The third kappa shape index (κ3) is 3.49. The largest absolute Gasteiger partial charge is 0.497 e. The molecular weight excluding hydrogens is 210 g/mol. The fraction of sp³-hybridized carbons (Fsp3) is 0.200. The molecule has 86 valence electrons. The summed E-state index contributed by atoms with van der Waals surface area (Å²) in [5, 5.41) is 15.8. The molecule has 0 radical (unpaired) electrons. The number of nitrogens with zero attached hydrogens (tertiary/aromatic N) is 1. The van der Waals surface area contributed by atoms with Gasteiger partial charge in [-0.3, -0.25) is 10.1 Å². The zero-order chi connectivity index (χ0) is 12.0. The average molecular weight is 223 g/mol. The summed E-state index contributed by atoms with van der Waals surface area (Å²) < 4.78 is 5.00. The van der Waals surface area contributed by atoms with Crippen molar-refractivity contribution in [2.24, 2.45) is 0 Å². The Hall–Kier alpha value is -2.24. The van der Waals surface area contributed by atoms with E-state index in [9.17, 15) is 10.1 Å². The summed E-state index contributed by atoms with van der Waals surface area (Å²) >= 11 is 0. The Kier molecular flexibility index (Phi) is 4.14. The highest BCUT2D eigenvalue weighted by molar-refractivity contribution is 5.49. The van der Waals surface area contributed by atoms with E-state index in [0.717, 1.165) is 17.6 Å². The number of nitro groups is 1. The number of rotatable bonds is 5. The first-order chi connectivity index (χ1) is 7.65. The minimum absolute atomic E-state index is 0.315. The van der Waals surface area contributed by atoms with Crippen molar-refractivity contribution >= 4 is 5.69 Å². The fourth-order valence-electron chi connectivity index (χ4n) is 1.09. The molecule has 0 bridgehead atoms. The van der Waals surface area contributed by atoms with E-state index >= 15 is 0 Å². The number of ether oxygens (including phenoxy) is 1. The summed E-state index contributed by atoms with van der Waals surface area (Å²) in [6.45, 7) is 0. The second-order valence-corrected chi connectivity index (χ2v) is 2.93. The lowest BCUT2D eigenvalue weighted by Gasteiger charge is -2.08. The molecule has 0 unspecified atom stereocenters. The van der Waals surface area contributed by atoms with Gasteiger partial charge in [0.15, 0.2) is 5.82 Å². The molecule has 1 aromatic carbocycles. The van der Waals surface area contributed by atoms with E-state index in [1.54, 1.807) is 38.4 Å². The van der Waals surface area contributed by atoms with Crippen LogP contribution in [0.1, 0.15) is 0 Å². The van der Waals surface area contributed by atoms with E-state index in [0.29, 0.717) is 5.82 Å². The van der Waals surface area contributed by atoms with E-state index in [2.05, 4.69) is 10.6 Å². The van der Waals surface area contributed by atoms with Crippen molar-refractivity contribution in [2.45, 2.75) is 0 Å². The third-order valence-corrected chi connectivity index (χ3v) is 1.87. The molecule has 0 aliphatic carbocycles. The first-order valence-electron chi connectivity index (χ1n) is 4.60. The Bertz CT molecular complexity index is 387. The van der Waals surface area contributed by atoms with E-state index in [-0.39, 0.29) is 0 Å². The smallest absolute Gasteiger partial charge is 0.274 e. The number of hydrogen-bond donors (Lipinski definition) is 2. The van der Waals surface area contributed by atoms with E-state index in [1.807, 2.05) is 0 Å². The van der Waals surface area contributed by atoms with Crippen LogP contribution in [-0.4, -0.2) is 19.1 Å². The van der Waals surface area contributed by atoms with Gasteiger partial charge in [-0.25, -0.2) is 0 Å². The van der Waals surface area contributed by atoms with Crippen LogP contribution in [0.3, 0.4) is 0 Å². The fourth-order valence-corrected chi connectivity index (χ4v) is 1.09. The Balaban J connectivity index is 2.74. The molecule has 6 heteroatoms. The summed E-state index contributed by atoms with van der Waals surface area (Å²) in [6, 6.07) is 7.07. The standard InChI is InChI=1S/C10H13N3O3/c1-11-10(7-13(14)15)12-8-3-5-9(16-2)6-4-8/h3-7,11-12H,1-2H3/b10-7+. The lowest BCUT2D eigenvalue weighted by atomic mass is 10.3. The third-order valence-electron chi connectivity index (χ3n) is 1.87. The highest BCUT2D eigenvalue weighted by Gasteiger charge is 2.01. The van der Waals surface area contributed by atoms with Crippen LogP contribution < -0.4 is 15.4 Å². The van der Waals surface area contributed by atoms with Crippen LogP contribution in [0.25, 0.3) is 0 Å². The molecule has 0 amide bonds. The first-order valence-corrected chi connectivity index (χ1v) is 4.60. The maximum Gasteiger partial charge on any atom is 0.274 e. The molecule has 0 saturated carbocycles. The Morgan fingerprint density at radius 3 is 2.50 bits per heavy atom. The zero-order valence-corrected chi connectivity index (χ0v) is 9.06. The van der Waals surface area contributed by atoms with Gasteiger partial charge in [0.25, 0.3) is 6.20 Å². The van der Waals surface area contributed by atoms with Gasteiger partial charge in [-0.05, 0) is 24.3 Å². The SMILES string of the molecule is CN/C(=C\[N+](=O)[O-])Nc1ccc(OC)cc1. The molecule has 0 aliphatic heterocycles. The van der Waals surface area contributed by atoms with Crippen LogP contribution in [0.2, 0.25) is 0 Å². The van der Waals surface area contributed by atoms with E-state index < -0.39 is 4.92 Å². The van der Waals surface area contributed by atoms with Crippen molar-refractivity contribution in [3.8, 4) is 5.75 Å². The van der Waals surface area contributed by atoms with E-state index in [1.165, 1.54) is 0 Å².